The molecule has 1 unspecified atom stereocenters. The first-order valence-electron chi connectivity index (χ1n) is 9.46. The van der Waals surface area contributed by atoms with Crippen LogP contribution in [0.15, 0.2) is 22.8 Å². The van der Waals surface area contributed by atoms with Crippen molar-refractivity contribution in [1.82, 2.24) is 0 Å². The van der Waals surface area contributed by atoms with Crippen LogP contribution in [0.2, 0.25) is 0 Å². The fourth-order valence-electron chi connectivity index (χ4n) is 6.03. The quantitative estimate of drug-likeness (QED) is 0.514. The van der Waals surface area contributed by atoms with E-state index in [9.17, 15) is 26.7 Å². The third kappa shape index (κ3) is 2.50. The summed E-state index contributed by atoms with van der Waals surface area (Å²) >= 11 is 0. The second kappa shape index (κ2) is 5.65. The van der Waals surface area contributed by atoms with Gasteiger partial charge in [-0.15, -0.1) is 0 Å². The number of fused-ring (bicyclic) bond motifs is 4. The minimum absolute atomic E-state index is 0.274. The van der Waals surface area contributed by atoms with E-state index in [4.69, 9.17) is 0 Å². The van der Waals surface area contributed by atoms with E-state index in [1.807, 2.05) is 0 Å². The molecule has 0 aromatic carbocycles. The fraction of sp³-hybridized carbons (Fsp3) is 0.750. The third-order valence-electron chi connectivity index (χ3n) is 7.44. The Morgan fingerprint density at radius 3 is 2.50 bits per heavy atom. The lowest BCUT2D eigenvalue weighted by Crippen LogP contribution is -2.48. The van der Waals surface area contributed by atoms with Crippen molar-refractivity contribution in [3.8, 4) is 0 Å². The molecular formula is C20H23F5O. The van der Waals surface area contributed by atoms with Gasteiger partial charge in [-0.05, 0) is 79.4 Å². The Balaban J connectivity index is 1.72. The Morgan fingerprint density at radius 2 is 1.81 bits per heavy atom. The monoisotopic (exact) mass is 374 g/mol. The van der Waals surface area contributed by atoms with Gasteiger partial charge in [0.1, 0.15) is 0 Å². The highest BCUT2D eigenvalue weighted by Gasteiger charge is 2.64. The maximum atomic E-state index is 13.9. The van der Waals surface area contributed by atoms with Crippen LogP contribution in [0.3, 0.4) is 0 Å². The van der Waals surface area contributed by atoms with Gasteiger partial charge in [0.2, 0.25) is 0 Å². The molecule has 4 aliphatic rings. The van der Waals surface area contributed by atoms with Crippen LogP contribution < -0.4 is 0 Å². The van der Waals surface area contributed by atoms with E-state index in [1.165, 1.54) is 6.42 Å². The normalized spacial score (nSPS) is 37.8. The maximum absolute atomic E-state index is 13.9. The summed E-state index contributed by atoms with van der Waals surface area (Å²) < 4.78 is 66.4. The summed E-state index contributed by atoms with van der Waals surface area (Å²) in [7, 11) is 0. The van der Waals surface area contributed by atoms with Crippen LogP contribution in [0.25, 0.3) is 0 Å². The van der Waals surface area contributed by atoms with E-state index in [-0.39, 0.29) is 11.3 Å². The van der Waals surface area contributed by atoms with Gasteiger partial charge in [-0.3, -0.25) is 4.79 Å². The highest BCUT2D eigenvalue weighted by atomic mass is 19.4. The molecule has 0 radical (unpaired) electrons. The molecule has 4 rings (SSSR count). The Kier molecular flexibility index (Phi) is 3.95. The van der Waals surface area contributed by atoms with Crippen LogP contribution in [0.4, 0.5) is 22.0 Å². The summed E-state index contributed by atoms with van der Waals surface area (Å²) in [5, 5.41) is 0. The molecule has 0 saturated heterocycles. The molecule has 0 spiro atoms. The van der Waals surface area contributed by atoms with Crippen molar-refractivity contribution in [2.24, 2.45) is 23.2 Å². The van der Waals surface area contributed by atoms with Crippen LogP contribution in [0, 0.1) is 23.2 Å². The van der Waals surface area contributed by atoms with Crippen molar-refractivity contribution < 1.29 is 26.7 Å². The van der Waals surface area contributed by atoms with Crippen molar-refractivity contribution >= 4 is 5.78 Å². The van der Waals surface area contributed by atoms with Crippen molar-refractivity contribution in [2.45, 2.75) is 70.4 Å². The number of hydrogen-bond acceptors (Lipinski definition) is 1. The lowest BCUT2D eigenvalue weighted by Gasteiger charge is -2.48. The molecule has 0 heterocycles. The molecule has 4 atom stereocenters. The van der Waals surface area contributed by atoms with Gasteiger partial charge in [0.05, 0.1) is 5.92 Å². The molecule has 0 N–H and O–H groups in total. The minimum Gasteiger partial charge on any atom is -0.294 e. The Morgan fingerprint density at radius 1 is 1.08 bits per heavy atom. The molecule has 0 aromatic rings. The molecule has 2 saturated carbocycles. The van der Waals surface area contributed by atoms with Crippen LogP contribution in [-0.4, -0.2) is 17.9 Å². The summed E-state index contributed by atoms with van der Waals surface area (Å²) in [6.45, 7) is 2.29. The van der Waals surface area contributed by atoms with Gasteiger partial charge >= 0.3 is 12.1 Å². The average Bonchev–Trinajstić information content (AvgIpc) is 2.94. The van der Waals surface area contributed by atoms with Gasteiger partial charge < -0.3 is 0 Å². The van der Waals surface area contributed by atoms with E-state index in [2.05, 4.69) is 6.92 Å². The van der Waals surface area contributed by atoms with Crippen LogP contribution in [-0.2, 0) is 4.79 Å². The van der Waals surface area contributed by atoms with E-state index in [0.717, 1.165) is 43.8 Å². The summed E-state index contributed by atoms with van der Waals surface area (Å²) in [6, 6.07) is 0. The molecule has 4 aliphatic carbocycles. The summed E-state index contributed by atoms with van der Waals surface area (Å²) in [4.78, 5) is 12.1. The second-order valence-electron chi connectivity index (χ2n) is 8.75. The SMILES string of the molecule is C[C@@]12CCC[C@H]1[C@@H]1CCC3=CC(=O)C(C(F)(F)C(F)(F)F)CC3=C1CC2. The summed E-state index contributed by atoms with van der Waals surface area (Å²) in [5.74, 6) is -7.59. The topological polar surface area (TPSA) is 17.1 Å². The smallest absolute Gasteiger partial charge is 0.294 e. The molecule has 0 amide bonds. The lowest BCUT2D eigenvalue weighted by molar-refractivity contribution is -0.297. The van der Waals surface area contributed by atoms with Crippen molar-refractivity contribution in [3.05, 3.63) is 22.8 Å². The number of rotatable bonds is 1. The molecule has 26 heavy (non-hydrogen) atoms. The first kappa shape index (κ1) is 18.2. The van der Waals surface area contributed by atoms with Gasteiger partial charge in [0.25, 0.3) is 0 Å². The fourth-order valence-corrected chi connectivity index (χ4v) is 6.03. The van der Waals surface area contributed by atoms with Crippen molar-refractivity contribution in [2.75, 3.05) is 0 Å². The molecule has 0 aromatic heterocycles. The molecule has 6 heteroatoms. The number of carbonyl (C=O) groups is 1. The van der Waals surface area contributed by atoms with Crippen LogP contribution in [0.1, 0.15) is 58.3 Å². The van der Waals surface area contributed by atoms with Crippen molar-refractivity contribution in [1.29, 1.82) is 0 Å². The van der Waals surface area contributed by atoms with E-state index >= 15 is 0 Å². The van der Waals surface area contributed by atoms with Crippen LogP contribution in [0.5, 0.6) is 0 Å². The third-order valence-corrected chi connectivity index (χ3v) is 7.44. The molecule has 1 nitrogen and oxygen atoms in total. The molecular weight excluding hydrogens is 351 g/mol. The first-order valence-corrected chi connectivity index (χ1v) is 9.46. The zero-order valence-electron chi connectivity index (χ0n) is 14.8. The number of halogens is 5. The molecule has 144 valence electrons. The van der Waals surface area contributed by atoms with Crippen LogP contribution >= 0.6 is 0 Å². The average molecular weight is 374 g/mol. The Labute approximate surface area is 149 Å². The van der Waals surface area contributed by atoms with Gasteiger partial charge in [-0.25, -0.2) is 0 Å². The lowest BCUT2D eigenvalue weighted by atomic mass is 9.57. The highest BCUT2D eigenvalue weighted by Crippen LogP contribution is 2.60. The van der Waals surface area contributed by atoms with Gasteiger partial charge in [0.15, 0.2) is 5.78 Å². The number of carbonyl (C=O) groups excluding carboxylic acids is 1. The van der Waals surface area contributed by atoms with Gasteiger partial charge in [-0.2, -0.15) is 22.0 Å². The van der Waals surface area contributed by atoms with E-state index < -0.39 is 30.2 Å². The number of hydrogen-bond donors (Lipinski definition) is 0. The number of ketones is 1. The maximum Gasteiger partial charge on any atom is 0.454 e. The Bertz CT molecular complexity index is 701. The number of alkyl halides is 5. The first-order chi connectivity index (χ1) is 12.0. The highest BCUT2D eigenvalue weighted by molar-refractivity contribution is 5.96. The molecule has 0 bridgehead atoms. The zero-order valence-corrected chi connectivity index (χ0v) is 14.8. The second-order valence-corrected chi connectivity index (χ2v) is 8.75. The minimum atomic E-state index is -5.70. The Hall–Kier alpha value is -1.20. The van der Waals surface area contributed by atoms with E-state index in [1.54, 1.807) is 0 Å². The molecule has 2 fully saturated rings. The number of allylic oxidation sites excluding steroid dienone is 4. The van der Waals surface area contributed by atoms with Crippen molar-refractivity contribution in [3.63, 3.8) is 0 Å². The summed E-state index contributed by atoms with van der Waals surface area (Å²) in [5.41, 5.74) is 2.69. The molecule has 0 aliphatic heterocycles. The van der Waals surface area contributed by atoms with Gasteiger partial charge in [0, 0.05) is 0 Å². The standard InChI is InChI=1S/C20H23F5O/c1-18-7-2-3-15(18)13-5-4-11-9-17(26)16(19(21,22)20(23,24)25)10-14(11)12(13)6-8-18/h9,13,15-16H,2-8,10H2,1H3/t13-,15+,16?,18+/m1/s1. The largest absolute Gasteiger partial charge is 0.454 e. The predicted octanol–water partition coefficient (Wildman–Crippen LogP) is 6.01. The predicted molar refractivity (Wildman–Crippen MR) is 86.6 cm³/mol. The van der Waals surface area contributed by atoms with Gasteiger partial charge in [-0.1, -0.05) is 18.9 Å². The van der Waals surface area contributed by atoms with E-state index in [0.29, 0.717) is 23.5 Å². The zero-order chi connectivity index (χ0) is 18.9. The summed E-state index contributed by atoms with van der Waals surface area (Å²) in [6.07, 6.45) is 1.60.